The van der Waals surface area contributed by atoms with E-state index in [-0.39, 0.29) is 12.3 Å². The normalized spacial score (nSPS) is 28.3. The molecule has 3 heterocycles. The molecule has 0 bridgehead atoms. The third kappa shape index (κ3) is 3.20. The van der Waals surface area contributed by atoms with Gasteiger partial charge in [0.1, 0.15) is 5.54 Å². The number of hydrogen-bond donors (Lipinski definition) is 0. The fraction of sp³-hybridized carbons (Fsp3) is 0.385. The van der Waals surface area contributed by atoms with Crippen LogP contribution in [-0.4, -0.2) is 44.6 Å². The van der Waals surface area contributed by atoms with Crippen molar-refractivity contribution >= 4 is 61.3 Å². The summed E-state index contributed by atoms with van der Waals surface area (Å²) in [6.45, 7) is 7.24. The Hall–Kier alpha value is -2.52. The molecule has 0 spiro atoms. The minimum Gasteiger partial charge on any atom is -0.300 e. The number of fused-ring (bicyclic) bond motifs is 3. The van der Waals surface area contributed by atoms with E-state index < -0.39 is 46.8 Å². The minimum atomic E-state index is -1.45. The third-order valence-electron chi connectivity index (χ3n) is 7.37. The first-order valence-corrected chi connectivity index (χ1v) is 13.1. The average molecular weight is 603 g/mol. The van der Waals surface area contributed by atoms with Gasteiger partial charge in [-0.2, -0.15) is 0 Å². The van der Waals surface area contributed by atoms with Gasteiger partial charge < -0.3 is 4.90 Å². The molecule has 3 fully saturated rings. The Morgan fingerprint density at radius 3 is 2.14 bits per heavy atom. The number of imide groups is 2. The Morgan fingerprint density at radius 2 is 1.57 bits per heavy atom. The van der Waals surface area contributed by atoms with E-state index >= 15 is 0 Å². The van der Waals surface area contributed by atoms with Gasteiger partial charge in [-0.25, -0.2) is 9.69 Å². The molecule has 0 aromatic heterocycles. The van der Waals surface area contributed by atoms with Crippen LogP contribution in [0, 0.1) is 11.8 Å². The Kier molecular flexibility index (Phi) is 5.53. The van der Waals surface area contributed by atoms with E-state index in [1.807, 2.05) is 51.1 Å². The van der Waals surface area contributed by atoms with Crippen LogP contribution < -0.4 is 4.90 Å². The van der Waals surface area contributed by atoms with Crippen molar-refractivity contribution in [2.75, 3.05) is 4.90 Å². The van der Waals surface area contributed by atoms with Gasteiger partial charge in [-0.05, 0) is 63.1 Å². The molecular weight excluding hydrogens is 578 g/mol. The van der Waals surface area contributed by atoms with Crippen molar-refractivity contribution in [1.29, 1.82) is 0 Å². The smallest absolute Gasteiger partial charge is 0.300 e. The number of nitrogens with zero attached hydrogens (tertiary/aromatic N) is 3. The van der Waals surface area contributed by atoms with Crippen molar-refractivity contribution in [3.8, 4) is 0 Å². The van der Waals surface area contributed by atoms with Crippen molar-refractivity contribution < 1.29 is 19.2 Å². The second-order valence-electron chi connectivity index (χ2n) is 10.2. The third-order valence-corrected chi connectivity index (χ3v) is 8.39. The van der Waals surface area contributed by atoms with Crippen molar-refractivity contribution in [1.82, 2.24) is 9.80 Å². The number of hydrogen-bond acceptors (Lipinski definition) is 4. The highest BCUT2D eigenvalue weighted by Crippen LogP contribution is 2.60. The number of likely N-dealkylation sites (tertiary alicyclic amines) is 1. The second-order valence-corrected chi connectivity index (χ2v) is 12.1. The molecule has 9 heteroatoms. The molecule has 3 saturated heterocycles. The molecule has 0 aliphatic carbocycles. The SMILES string of the molecule is CC[C@@]12C(=O)N(c3cccc(Br)c3)C(=O)N1C(c1ccc(Br)cc1)C1C(=O)N(C(C)(C)C)C(=O)C12. The first-order chi connectivity index (χ1) is 16.4. The first-order valence-electron chi connectivity index (χ1n) is 11.5. The molecule has 2 aromatic carbocycles. The van der Waals surface area contributed by atoms with Crippen LogP contribution in [0.1, 0.15) is 45.7 Å². The van der Waals surface area contributed by atoms with E-state index in [1.165, 1.54) is 9.80 Å². The van der Waals surface area contributed by atoms with Crippen LogP contribution >= 0.6 is 31.9 Å². The molecule has 5 amide bonds. The lowest BCUT2D eigenvalue weighted by atomic mass is 9.77. The van der Waals surface area contributed by atoms with Crippen LogP contribution in [0.4, 0.5) is 10.5 Å². The molecule has 0 radical (unpaired) electrons. The van der Waals surface area contributed by atoms with Gasteiger partial charge in [0.2, 0.25) is 11.8 Å². The number of carbonyl (C=O) groups is 4. The van der Waals surface area contributed by atoms with Gasteiger partial charge in [-0.3, -0.25) is 19.3 Å². The van der Waals surface area contributed by atoms with Crippen molar-refractivity contribution in [3.05, 3.63) is 63.0 Å². The molecule has 2 aromatic rings. The molecule has 4 atom stereocenters. The van der Waals surface area contributed by atoms with Crippen LogP contribution in [0.3, 0.4) is 0 Å². The zero-order valence-corrected chi connectivity index (χ0v) is 23.0. The zero-order chi connectivity index (χ0) is 25.4. The van der Waals surface area contributed by atoms with Crippen LogP contribution in [0.5, 0.6) is 0 Å². The maximum absolute atomic E-state index is 14.2. The number of benzene rings is 2. The highest BCUT2D eigenvalue weighted by molar-refractivity contribution is 9.10. The van der Waals surface area contributed by atoms with Crippen LogP contribution in [-0.2, 0) is 14.4 Å². The number of urea groups is 1. The molecule has 7 nitrogen and oxygen atoms in total. The standard InChI is InChI=1S/C26H25Br2N3O4/c1-5-26-19-18(21(32)31(22(19)33)25(2,3)4)20(14-9-11-15(27)12-10-14)30(26)24(35)29(23(26)34)17-8-6-7-16(28)13-17/h6-13,18-20H,5H2,1-4H3/t18?,19?,20?,26-/m1/s1. The largest absolute Gasteiger partial charge is 0.332 e. The lowest BCUT2D eigenvalue weighted by Gasteiger charge is -2.37. The number of carbonyl (C=O) groups excluding carboxylic acids is 4. The number of anilines is 1. The topological polar surface area (TPSA) is 78.0 Å². The molecule has 35 heavy (non-hydrogen) atoms. The van der Waals surface area contributed by atoms with Crippen molar-refractivity contribution in [2.45, 2.75) is 51.2 Å². The predicted molar refractivity (Wildman–Crippen MR) is 137 cm³/mol. The lowest BCUT2D eigenvalue weighted by molar-refractivity contribution is -0.149. The Morgan fingerprint density at radius 1 is 0.914 bits per heavy atom. The maximum atomic E-state index is 14.2. The quantitative estimate of drug-likeness (QED) is 0.354. The van der Waals surface area contributed by atoms with E-state index in [1.54, 1.807) is 25.1 Å². The Labute approximate surface area is 220 Å². The predicted octanol–water partition coefficient (Wildman–Crippen LogP) is 5.28. The summed E-state index contributed by atoms with van der Waals surface area (Å²) in [7, 11) is 0. The van der Waals surface area contributed by atoms with Crippen LogP contribution in [0.2, 0.25) is 0 Å². The van der Waals surface area contributed by atoms with Crippen molar-refractivity contribution in [2.24, 2.45) is 11.8 Å². The molecule has 5 rings (SSSR count). The van der Waals surface area contributed by atoms with E-state index in [2.05, 4.69) is 31.9 Å². The molecule has 3 aliphatic rings. The number of halogens is 2. The number of amides is 5. The Balaban J connectivity index is 1.75. The number of rotatable bonds is 3. The van der Waals surface area contributed by atoms with Gasteiger partial charge in [-0.1, -0.05) is 57.0 Å². The monoisotopic (exact) mass is 601 g/mol. The average Bonchev–Trinajstić information content (AvgIpc) is 3.32. The fourth-order valence-corrected chi connectivity index (χ4v) is 6.70. The summed E-state index contributed by atoms with van der Waals surface area (Å²) < 4.78 is 1.57. The molecule has 3 unspecified atom stereocenters. The molecule has 182 valence electrons. The van der Waals surface area contributed by atoms with Gasteiger partial charge in [0.05, 0.1) is 23.6 Å². The molecular formula is C26H25Br2N3O4. The first kappa shape index (κ1) is 24.2. The van der Waals surface area contributed by atoms with E-state index in [9.17, 15) is 19.2 Å². The van der Waals surface area contributed by atoms with E-state index in [0.29, 0.717) is 11.3 Å². The molecule has 3 aliphatic heterocycles. The molecule has 0 N–H and O–H groups in total. The van der Waals surface area contributed by atoms with Crippen molar-refractivity contribution in [3.63, 3.8) is 0 Å². The van der Waals surface area contributed by atoms with Gasteiger partial charge in [0.15, 0.2) is 0 Å². The van der Waals surface area contributed by atoms with Gasteiger partial charge in [0, 0.05) is 14.5 Å². The molecule has 0 saturated carbocycles. The Bertz CT molecular complexity index is 1270. The summed E-state index contributed by atoms with van der Waals surface area (Å²) in [5.74, 6) is -2.98. The van der Waals surface area contributed by atoms with Crippen LogP contribution in [0.15, 0.2) is 57.5 Å². The highest BCUT2D eigenvalue weighted by atomic mass is 79.9. The second kappa shape index (κ2) is 8.00. The summed E-state index contributed by atoms with van der Waals surface area (Å²) in [5, 5.41) is 0. The summed E-state index contributed by atoms with van der Waals surface area (Å²) in [6, 6.07) is 13.1. The zero-order valence-electron chi connectivity index (χ0n) is 19.8. The highest BCUT2D eigenvalue weighted by Gasteiger charge is 2.77. The minimum absolute atomic E-state index is 0.216. The van der Waals surface area contributed by atoms with Gasteiger partial charge in [0.25, 0.3) is 5.91 Å². The van der Waals surface area contributed by atoms with E-state index in [4.69, 9.17) is 0 Å². The summed E-state index contributed by atoms with van der Waals surface area (Å²) in [4.78, 5) is 59.9. The van der Waals surface area contributed by atoms with Gasteiger partial charge >= 0.3 is 6.03 Å². The summed E-state index contributed by atoms with van der Waals surface area (Å²) in [5.41, 5.74) is -1.06. The van der Waals surface area contributed by atoms with Crippen LogP contribution in [0.25, 0.3) is 0 Å². The van der Waals surface area contributed by atoms with Gasteiger partial charge in [-0.15, -0.1) is 0 Å². The summed E-state index contributed by atoms with van der Waals surface area (Å²) in [6.07, 6.45) is 0.216. The van der Waals surface area contributed by atoms with E-state index in [0.717, 1.165) is 13.8 Å². The summed E-state index contributed by atoms with van der Waals surface area (Å²) >= 11 is 6.86. The fourth-order valence-electron chi connectivity index (χ4n) is 6.05. The maximum Gasteiger partial charge on any atom is 0.332 e. The lowest BCUT2D eigenvalue weighted by Crippen LogP contribution is -2.55.